The first-order valence-electron chi connectivity index (χ1n) is 10.2. The van der Waals surface area contributed by atoms with Crippen molar-refractivity contribution in [2.75, 3.05) is 19.7 Å². The topological polar surface area (TPSA) is 94.5 Å². The Morgan fingerprint density at radius 1 is 1.23 bits per heavy atom. The normalized spacial score (nSPS) is 16.7. The molecule has 1 aromatic carbocycles. The van der Waals surface area contributed by atoms with E-state index in [1.807, 2.05) is 32.0 Å². The Morgan fingerprint density at radius 3 is 2.90 bits per heavy atom. The van der Waals surface area contributed by atoms with Crippen LogP contribution in [-0.2, 0) is 16.0 Å². The summed E-state index contributed by atoms with van der Waals surface area (Å²) in [6, 6.07) is 7.72. The Morgan fingerprint density at radius 2 is 2.06 bits per heavy atom. The van der Waals surface area contributed by atoms with Gasteiger partial charge in [0.1, 0.15) is 5.58 Å². The number of furan rings is 1. The molecular weight excluding hydrogens is 396 g/mol. The first-order valence-corrected chi connectivity index (χ1v) is 10.2. The highest BCUT2D eigenvalue weighted by molar-refractivity contribution is 5.90. The number of hydrogen-bond acceptors (Lipinski definition) is 7. The third kappa shape index (κ3) is 3.82. The molecule has 1 atom stereocenters. The number of hydrogen-bond donors (Lipinski definition) is 0. The van der Waals surface area contributed by atoms with Crippen molar-refractivity contribution >= 4 is 16.9 Å². The minimum absolute atomic E-state index is 0.0184. The summed E-state index contributed by atoms with van der Waals surface area (Å²) in [5.41, 5.74) is 4.78. The van der Waals surface area contributed by atoms with Crippen LogP contribution in [0.5, 0.6) is 0 Å². The molecule has 158 valence electrons. The van der Waals surface area contributed by atoms with Gasteiger partial charge in [-0.3, -0.25) is 9.78 Å². The number of nitrogens with zero attached hydrogens (tertiary/aromatic N) is 4. The number of benzene rings is 1. The number of aryl methyl sites for hydroxylation is 2. The minimum atomic E-state index is -0.453. The Labute approximate surface area is 178 Å². The Hall–Kier alpha value is -3.52. The fourth-order valence-electron chi connectivity index (χ4n) is 4.04. The smallest absolute Gasteiger partial charge is 0.257 e. The third-order valence-corrected chi connectivity index (χ3v) is 5.51. The van der Waals surface area contributed by atoms with Gasteiger partial charge in [-0.25, -0.2) is 0 Å². The molecule has 1 fully saturated rings. The van der Waals surface area contributed by atoms with Crippen LogP contribution in [0.3, 0.4) is 0 Å². The first-order chi connectivity index (χ1) is 15.1. The van der Waals surface area contributed by atoms with Crippen LogP contribution >= 0.6 is 0 Å². The quantitative estimate of drug-likeness (QED) is 0.499. The first kappa shape index (κ1) is 19.4. The maximum Gasteiger partial charge on any atom is 0.257 e. The van der Waals surface area contributed by atoms with E-state index in [9.17, 15) is 4.79 Å². The molecule has 0 bridgehead atoms. The standard InChI is InChI=1S/C23H22N4O4/c1-14-9-15(2)21-17(13-30-18(21)10-14)11-20(28)27-7-8-29-19(12-27)23-25-22(26-31-23)16-3-5-24-6-4-16/h3-6,9-10,13,19H,7-8,11-12H2,1-2H3/t19-/m0/s1. The predicted octanol–water partition coefficient (Wildman–Crippen LogP) is 3.64. The molecule has 31 heavy (non-hydrogen) atoms. The lowest BCUT2D eigenvalue weighted by molar-refractivity contribution is -0.139. The van der Waals surface area contributed by atoms with Gasteiger partial charge in [0.2, 0.25) is 11.7 Å². The van der Waals surface area contributed by atoms with Crippen molar-refractivity contribution in [1.29, 1.82) is 0 Å². The summed E-state index contributed by atoms with van der Waals surface area (Å²) < 4.78 is 16.9. The van der Waals surface area contributed by atoms with Gasteiger partial charge in [-0.15, -0.1) is 0 Å². The van der Waals surface area contributed by atoms with Crippen LogP contribution in [-0.4, -0.2) is 45.6 Å². The summed E-state index contributed by atoms with van der Waals surface area (Å²) in [4.78, 5) is 23.3. The summed E-state index contributed by atoms with van der Waals surface area (Å²) in [7, 11) is 0. The van der Waals surface area contributed by atoms with Gasteiger partial charge in [0.25, 0.3) is 5.89 Å². The van der Waals surface area contributed by atoms with E-state index in [-0.39, 0.29) is 12.3 Å². The van der Waals surface area contributed by atoms with Crippen molar-refractivity contribution in [3.05, 3.63) is 65.5 Å². The molecule has 1 amide bonds. The maximum atomic E-state index is 13.0. The molecule has 4 heterocycles. The Bertz CT molecular complexity index is 1230. The van der Waals surface area contributed by atoms with E-state index in [1.54, 1.807) is 23.6 Å². The molecule has 1 aliphatic heterocycles. The lowest BCUT2D eigenvalue weighted by Gasteiger charge is -2.31. The van der Waals surface area contributed by atoms with Crippen molar-refractivity contribution in [1.82, 2.24) is 20.0 Å². The van der Waals surface area contributed by atoms with Crippen LogP contribution in [0.2, 0.25) is 0 Å². The number of carbonyl (C=O) groups excluding carboxylic acids is 1. The second-order valence-corrected chi connectivity index (χ2v) is 7.78. The van der Waals surface area contributed by atoms with Crippen LogP contribution in [0.25, 0.3) is 22.4 Å². The number of amides is 1. The highest BCUT2D eigenvalue weighted by atomic mass is 16.5. The van der Waals surface area contributed by atoms with Gasteiger partial charge >= 0.3 is 0 Å². The van der Waals surface area contributed by atoms with Gasteiger partial charge in [-0.1, -0.05) is 11.2 Å². The molecule has 3 aromatic heterocycles. The number of carbonyl (C=O) groups is 1. The van der Waals surface area contributed by atoms with Crippen molar-refractivity contribution in [2.24, 2.45) is 0 Å². The lowest BCUT2D eigenvalue weighted by atomic mass is 10.0. The number of morpholine rings is 1. The highest BCUT2D eigenvalue weighted by Crippen LogP contribution is 2.28. The fourth-order valence-corrected chi connectivity index (χ4v) is 4.04. The van der Waals surface area contributed by atoms with E-state index in [2.05, 4.69) is 21.2 Å². The molecule has 4 aromatic rings. The second-order valence-electron chi connectivity index (χ2n) is 7.78. The summed E-state index contributed by atoms with van der Waals surface area (Å²) >= 11 is 0. The average molecular weight is 418 g/mol. The summed E-state index contributed by atoms with van der Waals surface area (Å²) in [5, 5.41) is 5.05. The van der Waals surface area contributed by atoms with E-state index in [4.69, 9.17) is 13.7 Å². The zero-order chi connectivity index (χ0) is 21.4. The van der Waals surface area contributed by atoms with Crippen molar-refractivity contribution < 1.29 is 18.5 Å². The van der Waals surface area contributed by atoms with Gasteiger partial charge in [0, 0.05) is 35.5 Å². The SMILES string of the molecule is Cc1cc(C)c2c(CC(=O)N3CCO[C@H](c4nc(-c5ccncc5)no4)C3)coc2c1. The summed E-state index contributed by atoms with van der Waals surface area (Å²) in [5.74, 6) is 0.856. The minimum Gasteiger partial charge on any atom is -0.464 e. The van der Waals surface area contributed by atoms with Crippen molar-refractivity contribution in [3.63, 3.8) is 0 Å². The molecular formula is C23H22N4O4. The van der Waals surface area contributed by atoms with Crippen LogP contribution in [0.4, 0.5) is 0 Å². The van der Waals surface area contributed by atoms with Gasteiger partial charge in [0.05, 0.1) is 25.8 Å². The number of aromatic nitrogens is 3. The van der Waals surface area contributed by atoms with Gasteiger partial charge < -0.3 is 18.6 Å². The van der Waals surface area contributed by atoms with E-state index < -0.39 is 6.10 Å². The van der Waals surface area contributed by atoms with E-state index >= 15 is 0 Å². The Balaban J connectivity index is 1.31. The number of fused-ring (bicyclic) bond motifs is 1. The van der Waals surface area contributed by atoms with Gasteiger partial charge in [0.15, 0.2) is 6.10 Å². The van der Waals surface area contributed by atoms with E-state index in [0.29, 0.717) is 31.4 Å². The van der Waals surface area contributed by atoms with E-state index in [0.717, 1.165) is 33.2 Å². The number of rotatable bonds is 4. The highest BCUT2D eigenvalue weighted by Gasteiger charge is 2.30. The molecule has 8 heteroatoms. The van der Waals surface area contributed by atoms with Gasteiger partial charge in [-0.2, -0.15) is 4.98 Å². The number of pyridine rings is 1. The van der Waals surface area contributed by atoms with Crippen LogP contribution in [0, 0.1) is 13.8 Å². The summed E-state index contributed by atoms with van der Waals surface area (Å²) in [6.07, 6.45) is 4.85. The largest absolute Gasteiger partial charge is 0.464 e. The summed E-state index contributed by atoms with van der Waals surface area (Å²) in [6.45, 7) is 5.37. The molecule has 5 rings (SSSR count). The molecule has 0 unspecified atom stereocenters. The second kappa shape index (κ2) is 7.96. The maximum absolute atomic E-state index is 13.0. The average Bonchev–Trinajstić information content (AvgIpc) is 3.42. The molecule has 1 saturated heterocycles. The van der Waals surface area contributed by atoms with Crippen LogP contribution < -0.4 is 0 Å². The van der Waals surface area contributed by atoms with Crippen molar-refractivity contribution in [3.8, 4) is 11.4 Å². The monoisotopic (exact) mass is 418 g/mol. The van der Waals surface area contributed by atoms with E-state index in [1.165, 1.54) is 0 Å². The molecule has 0 radical (unpaired) electrons. The fraction of sp³-hybridized carbons (Fsp3) is 0.304. The molecule has 0 aliphatic carbocycles. The molecule has 0 spiro atoms. The number of ether oxygens (including phenoxy) is 1. The Kier molecular flexibility index (Phi) is 4.99. The predicted molar refractivity (Wildman–Crippen MR) is 112 cm³/mol. The molecule has 1 aliphatic rings. The van der Waals surface area contributed by atoms with Gasteiger partial charge in [-0.05, 0) is 43.2 Å². The molecule has 8 nitrogen and oxygen atoms in total. The third-order valence-electron chi connectivity index (χ3n) is 5.51. The van der Waals surface area contributed by atoms with Crippen molar-refractivity contribution in [2.45, 2.75) is 26.4 Å². The molecule has 0 saturated carbocycles. The van der Waals surface area contributed by atoms with Crippen LogP contribution in [0.15, 0.2) is 51.9 Å². The zero-order valence-corrected chi connectivity index (χ0v) is 17.4. The zero-order valence-electron chi connectivity index (χ0n) is 17.4. The van der Waals surface area contributed by atoms with Crippen LogP contribution in [0.1, 0.15) is 28.7 Å². The molecule has 0 N–H and O–H groups in total. The lowest BCUT2D eigenvalue weighted by Crippen LogP contribution is -2.43.